The van der Waals surface area contributed by atoms with Crippen molar-refractivity contribution in [2.24, 2.45) is 0 Å². The normalized spacial score (nSPS) is 26.6. The molecule has 1 aromatic rings. The number of carbonyl (C=O) groups is 1. The fourth-order valence-electron chi connectivity index (χ4n) is 3.49. The molecule has 2 bridgehead atoms. The topological polar surface area (TPSA) is 23.6 Å². The maximum Gasteiger partial charge on any atom is 0.254 e. The van der Waals surface area contributed by atoms with E-state index >= 15 is 0 Å². The van der Waals surface area contributed by atoms with Crippen LogP contribution in [0.5, 0.6) is 0 Å². The molecular weight excluding hydrogens is 316 g/mol. The lowest BCUT2D eigenvalue weighted by atomic mass is 10.0. The molecule has 2 heterocycles. The van der Waals surface area contributed by atoms with Gasteiger partial charge < -0.3 is 4.90 Å². The second kappa shape index (κ2) is 5.49. The molecule has 108 valence electrons. The van der Waals surface area contributed by atoms with Crippen molar-refractivity contribution in [1.82, 2.24) is 9.80 Å². The molecule has 2 saturated heterocycles. The first-order chi connectivity index (χ1) is 9.56. The maximum atomic E-state index is 12.8. The van der Waals surface area contributed by atoms with Gasteiger partial charge in [-0.1, -0.05) is 22.0 Å². The smallest absolute Gasteiger partial charge is 0.254 e. The second-order valence-corrected chi connectivity index (χ2v) is 6.97. The van der Waals surface area contributed by atoms with Gasteiger partial charge in [0.1, 0.15) is 0 Å². The van der Waals surface area contributed by atoms with Crippen molar-refractivity contribution in [2.75, 3.05) is 20.1 Å². The molecule has 0 N–H and O–H groups in total. The van der Waals surface area contributed by atoms with Crippen LogP contribution >= 0.6 is 15.9 Å². The van der Waals surface area contributed by atoms with E-state index in [1.165, 1.54) is 12.8 Å². The summed E-state index contributed by atoms with van der Waals surface area (Å²) in [6.07, 6.45) is 3.62. The van der Waals surface area contributed by atoms with Crippen molar-refractivity contribution >= 4 is 21.8 Å². The van der Waals surface area contributed by atoms with Crippen molar-refractivity contribution in [3.63, 3.8) is 0 Å². The zero-order chi connectivity index (χ0) is 14.3. The molecule has 2 aliphatic heterocycles. The fraction of sp³-hybridized carbons (Fsp3) is 0.562. The van der Waals surface area contributed by atoms with Gasteiger partial charge in [0.2, 0.25) is 0 Å². The largest absolute Gasteiger partial charge is 0.337 e. The molecule has 4 heteroatoms. The summed E-state index contributed by atoms with van der Waals surface area (Å²) in [7, 11) is 2.21. The Morgan fingerprint density at radius 3 is 2.80 bits per heavy atom. The number of aryl methyl sites for hydroxylation is 1. The molecule has 1 aromatic carbocycles. The molecular formula is C16H21BrN2O. The van der Waals surface area contributed by atoms with Crippen LogP contribution in [0.4, 0.5) is 0 Å². The lowest BCUT2D eigenvalue weighted by Gasteiger charge is -2.26. The summed E-state index contributed by atoms with van der Waals surface area (Å²) in [4.78, 5) is 17.3. The van der Waals surface area contributed by atoms with Crippen molar-refractivity contribution < 1.29 is 4.79 Å². The third-order valence-corrected chi connectivity index (χ3v) is 5.36. The number of likely N-dealkylation sites (N-methyl/N-ethyl adjacent to an activating group) is 1. The number of halogens is 1. The number of rotatable bonds is 1. The Bertz CT molecular complexity index is 531. The van der Waals surface area contributed by atoms with E-state index in [-0.39, 0.29) is 5.91 Å². The maximum absolute atomic E-state index is 12.8. The first kappa shape index (κ1) is 14.1. The number of amides is 1. The number of carbonyl (C=O) groups excluding carboxylic acids is 1. The highest BCUT2D eigenvalue weighted by atomic mass is 79.9. The average Bonchev–Trinajstić information content (AvgIpc) is 2.65. The Labute approximate surface area is 129 Å². The average molecular weight is 337 g/mol. The van der Waals surface area contributed by atoms with E-state index in [0.717, 1.165) is 35.1 Å². The molecule has 0 saturated carbocycles. The monoisotopic (exact) mass is 336 g/mol. The van der Waals surface area contributed by atoms with Crippen LogP contribution in [0, 0.1) is 6.92 Å². The third-order valence-electron chi connectivity index (χ3n) is 4.87. The van der Waals surface area contributed by atoms with E-state index in [4.69, 9.17) is 0 Å². The van der Waals surface area contributed by atoms with Gasteiger partial charge in [-0.3, -0.25) is 9.69 Å². The summed E-state index contributed by atoms with van der Waals surface area (Å²) < 4.78 is 0.972. The summed E-state index contributed by atoms with van der Waals surface area (Å²) in [6.45, 7) is 3.77. The van der Waals surface area contributed by atoms with Crippen molar-refractivity contribution in [3.05, 3.63) is 33.8 Å². The first-order valence-corrected chi connectivity index (χ1v) is 8.13. The number of benzene rings is 1. The molecule has 2 atom stereocenters. The molecule has 2 unspecified atom stereocenters. The summed E-state index contributed by atoms with van der Waals surface area (Å²) in [5.74, 6) is 0.185. The minimum absolute atomic E-state index is 0.185. The summed E-state index contributed by atoms with van der Waals surface area (Å²) in [5, 5.41) is 0. The zero-order valence-electron chi connectivity index (χ0n) is 12.1. The summed E-state index contributed by atoms with van der Waals surface area (Å²) in [5.41, 5.74) is 1.89. The van der Waals surface area contributed by atoms with E-state index in [2.05, 4.69) is 32.8 Å². The van der Waals surface area contributed by atoms with Crippen LogP contribution in [-0.4, -0.2) is 47.9 Å². The Morgan fingerprint density at radius 2 is 2.00 bits per heavy atom. The number of hydrogen-bond acceptors (Lipinski definition) is 2. The zero-order valence-corrected chi connectivity index (χ0v) is 13.7. The number of likely N-dealkylation sites (tertiary alicyclic amines) is 1. The minimum atomic E-state index is 0.185. The minimum Gasteiger partial charge on any atom is -0.337 e. The highest BCUT2D eigenvalue weighted by molar-refractivity contribution is 9.10. The molecule has 3 nitrogen and oxygen atoms in total. The Morgan fingerprint density at radius 1 is 1.25 bits per heavy atom. The van der Waals surface area contributed by atoms with Gasteiger partial charge in [0, 0.05) is 35.2 Å². The molecule has 0 aromatic heterocycles. The van der Waals surface area contributed by atoms with Crippen molar-refractivity contribution in [3.8, 4) is 0 Å². The van der Waals surface area contributed by atoms with E-state index in [9.17, 15) is 4.79 Å². The quantitative estimate of drug-likeness (QED) is 0.786. The van der Waals surface area contributed by atoms with Gasteiger partial charge in [0.25, 0.3) is 5.91 Å². The molecule has 0 spiro atoms. The van der Waals surface area contributed by atoms with Crippen LogP contribution in [0.1, 0.15) is 35.2 Å². The fourth-order valence-corrected chi connectivity index (χ4v) is 3.85. The molecule has 0 radical (unpaired) electrons. The predicted molar refractivity (Wildman–Crippen MR) is 84.0 cm³/mol. The van der Waals surface area contributed by atoms with Crippen molar-refractivity contribution in [1.29, 1.82) is 0 Å². The highest BCUT2D eigenvalue weighted by Gasteiger charge is 2.36. The Kier molecular flexibility index (Phi) is 3.87. The van der Waals surface area contributed by atoms with Gasteiger partial charge in [-0.2, -0.15) is 0 Å². The van der Waals surface area contributed by atoms with Crippen LogP contribution in [0.25, 0.3) is 0 Å². The van der Waals surface area contributed by atoms with E-state index in [1.807, 2.05) is 25.1 Å². The van der Waals surface area contributed by atoms with Crippen LogP contribution in [0.3, 0.4) is 0 Å². The van der Waals surface area contributed by atoms with Crippen LogP contribution in [0.2, 0.25) is 0 Å². The highest BCUT2D eigenvalue weighted by Crippen LogP contribution is 2.29. The summed E-state index contributed by atoms with van der Waals surface area (Å²) >= 11 is 3.47. The summed E-state index contributed by atoms with van der Waals surface area (Å²) in [6, 6.07) is 7.16. The van der Waals surface area contributed by atoms with Gasteiger partial charge in [-0.25, -0.2) is 0 Å². The molecule has 0 aliphatic carbocycles. The van der Waals surface area contributed by atoms with Crippen molar-refractivity contribution in [2.45, 2.75) is 38.3 Å². The molecule has 2 fully saturated rings. The molecule has 3 rings (SSSR count). The van der Waals surface area contributed by atoms with E-state index in [0.29, 0.717) is 12.1 Å². The van der Waals surface area contributed by atoms with Gasteiger partial charge in [-0.05, 0) is 50.9 Å². The van der Waals surface area contributed by atoms with Crippen LogP contribution < -0.4 is 0 Å². The lowest BCUT2D eigenvalue weighted by Crippen LogP contribution is -2.39. The van der Waals surface area contributed by atoms with Crippen LogP contribution in [-0.2, 0) is 0 Å². The number of fused-ring (bicyclic) bond motifs is 2. The Balaban J connectivity index is 1.82. The van der Waals surface area contributed by atoms with E-state index in [1.54, 1.807) is 0 Å². The van der Waals surface area contributed by atoms with Gasteiger partial charge in [0.15, 0.2) is 0 Å². The lowest BCUT2D eigenvalue weighted by molar-refractivity contribution is 0.0739. The third kappa shape index (κ3) is 2.51. The molecule has 20 heavy (non-hydrogen) atoms. The Hall–Kier alpha value is -0.870. The van der Waals surface area contributed by atoms with Crippen LogP contribution in [0.15, 0.2) is 22.7 Å². The SMILES string of the molecule is Cc1ccc(Br)cc1C(=O)N1CCC2CCC(C1)N2C. The standard InChI is InChI=1S/C16H21BrN2O/c1-11-3-4-12(17)9-15(11)16(20)19-8-7-13-5-6-14(10-19)18(13)2/h3-4,9,13-14H,5-8,10H2,1-2H3. The number of hydrogen-bond donors (Lipinski definition) is 0. The van der Waals surface area contributed by atoms with E-state index < -0.39 is 0 Å². The van der Waals surface area contributed by atoms with Gasteiger partial charge in [-0.15, -0.1) is 0 Å². The van der Waals surface area contributed by atoms with Gasteiger partial charge >= 0.3 is 0 Å². The molecule has 2 aliphatic rings. The molecule has 1 amide bonds. The second-order valence-electron chi connectivity index (χ2n) is 6.05. The first-order valence-electron chi connectivity index (χ1n) is 7.33. The van der Waals surface area contributed by atoms with Gasteiger partial charge in [0.05, 0.1) is 0 Å². The predicted octanol–water partition coefficient (Wildman–Crippen LogP) is 3.07. The number of nitrogens with zero attached hydrogens (tertiary/aromatic N) is 2.